The Bertz CT molecular complexity index is 662. The van der Waals surface area contributed by atoms with Gasteiger partial charge in [0.15, 0.2) is 39.1 Å². The van der Waals surface area contributed by atoms with Crippen molar-refractivity contribution in [3.63, 3.8) is 0 Å². The second kappa shape index (κ2) is 6.32. The first-order valence-electron chi connectivity index (χ1n) is 7.13. The zero-order chi connectivity index (χ0) is 16.5. The SMILES string of the molecule is CCC1CCCC(Oc2c(F)cc(S(C)(=O)=O)cc2F)C1=O. The summed E-state index contributed by atoms with van der Waals surface area (Å²) in [7, 11) is -3.72. The van der Waals surface area contributed by atoms with Crippen molar-refractivity contribution in [2.24, 2.45) is 5.92 Å². The van der Waals surface area contributed by atoms with Crippen LogP contribution in [0.2, 0.25) is 0 Å². The molecule has 0 heterocycles. The quantitative estimate of drug-likeness (QED) is 0.850. The highest BCUT2D eigenvalue weighted by Crippen LogP contribution is 2.31. The summed E-state index contributed by atoms with van der Waals surface area (Å²) >= 11 is 0. The third-order valence-electron chi connectivity index (χ3n) is 3.89. The molecule has 0 bridgehead atoms. The summed E-state index contributed by atoms with van der Waals surface area (Å²) in [5, 5.41) is 0. The molecule has 1 aliphatic rings. The van der Waals surface area contributed by atoms with Gasteiger partial charge in [0.1, 0.15) is 0 Å². The Kier molecular flexibility index (Phi) is 4.84. The second-order valence-electron chi connectivity index (χ2n) is 5.53. The molecule has 0 aliphatic heterocycles. The van der Waals surface area contributed by atoms with E-state index < -0.39 is 38.2 Å². The number of carbonyl (C=O) groups excluding carboxylic acids is 1. The summed E-state index contributed by atoms with van der Waals surface area (Å²) < 4.78 is 55.8. The van der Waals surface area contributed by atoms with Crippen LogP contribution in [0.1, 0.15) is 32.6 Å². The molecule has 1 aromatic carbocycles. The summed E-state index contributed by atoms with van der Waals surface area (Å²) in [6.07, 6.45) is 2.55. The van der Waals surface area contributed by atoms with Crippen molar-refractivity contribution < 1.29 is 26.7 Å². The maximum atomic E-state index is 14.0. The van der Waals surface area contributed by atoms with E-state index >= 15 is 0 Å². The number of sulfone groups is 1. The fourth-order valence-electron chi connectivity index (χ4n) is 2.62. The number of rotatable bonds is 4. The van der Waals surface area contributed by atoms with Gasteiger partial charge in [-0.25, -0.2) is 17.2 Å². The van der Waals surface area contributed by atoms with E-state index in [-0.39, 0.29) is 11.7 Å². The molecule has 7 heteroatoms. The Morgan fingerprint density at radius 3 is 2.32 bits per heavy atom. The van der Waals surface area contributed by atoms with Crippen LogP contribution in [-0.4, -0.2) is 26.6 Å². The van der Waals surface area contributed by atoms with E-state index in [4.69, 9.17) is 4.74 Å². The first kappa shape index (κ1) is 16.9. The lowest BCUT2D eigenvalue weighted by Gasteiger charge is -2.27. The van der Waals surface area contributed by atoms with Gasteiger partial charge in [0.05, 0.1) is 4.90 Å². The molecule has 0 saturated heterocycles. The Balaban J connectivity index is 2.29. The van der Waals surface area contributed by atoms with E-state index in [1.165, 1.54) is 0 Å². The number of halogens is 2. The summed E-state index contributed by atoms with van der Waals surface area (Å²) in [4.78, 5) is 11.7. The maximum Gasteiger partial charge on any atom is 0.191 e. The summed E-state index contributed by atoms with van der Waals surface area (Å²) in [5.41, 5.74) is 0. The first-order valence-corrected chi connectivity index (χ1v) is 9.02. The van der Waals surface area contributed by atoms with Gasteiger partial charge in [0, 0.05) is 12.2 Å². The third-order valence-corrected chi connectivity index (χ3v) is 4.98. The molecule has 1 fully saturated rings. The van der Waals surface area contributed by atoms with Crippen LogP contribution in [0.25, 0.3) is 0 Å². The van der Waals surface area contributed by atoms with Crippen LogP contribution >= 0.6 is 0 Å². The number of ether oxygens (including phenoxy) is 1. The Labute approximate surface area is 128 Å². The maximum absolute atomic E-state index is 14.0. The number of ketones is 1. The van der Waals surface area contributed by atoms with E-state index in [0.717, 1.165) is 19.1 Å². The zero-order valence-electron chi connectivity index (χ0n) is 12.4. The average Bonchev–Trinajstić information content (AvgIpc) is 2.43. The Morgan fingerprint density at radius 1 is 1.23 bits per heavy atom. The van der Waals surface area contributed by atoms with Crippen LogP contribution in [0.4, 0.5) is 8.78 Å². The van der Waals surface area contributed by atoms with Gasteiger partial charge >= 0.3 is 0 Å². The minimum Gasteiger partial charge on any atom is -0.476 e. The third kappa shape index (κ3) is 3.45. The molecule has 1 aliphatic carbocycles. The molecule has 1 aromatic rings. The molecule has 2 unspecified atom stereocenters. The largest absolute Gasteiger partial charge is 0.476 e. The summed E-state index contributed by atoms with van der Waals surface area (Å²) in [6.45, 7) is 1.88. The van der Waals surface area contributed by atoms with Gasteiger partial charge in [-0.2, -0.15) is 0 Å². The average molecular weight is 332 g/mol. The Hall–Kier alpha value is -1.50. The van der Waals surface area contributed by atoms with Crippen LogP contribution in [0, 0.1) is 17.6 Å². The molecule has 122 valence electrons. The highest BCUT2D eigenvalue weighted by Gasteiger charge is 2.33. The van der Waals surface area contributed by atoms with E-state index in [1.54, 1.807) is 0 Å². The minimum absolute atomic E-state index is 0.153. The van der Waals surface area contributed by atoms with E-state index in [2.05, 4.69) is 0 Å². The van der Waals surface area contributed by atoms with Gasteiger partial charge in [-0.1, -0.05) is 6.92 Å². The van der Waals surface area contributed by atoms with Gasteiger partial charge in [-0.3, -0.25) is 4.79 Å². The predicted octanol–water partition coefficient (Wildman–Crippen LogP) is 2.89. The summed E-state index contributed by atoms with van der Waals surface area (Å²) in [6, 6.07) is 1.41. The molecule has 0 radical (unpaired) electrons. The second-order valence-corrected chi connectivity index (χ2v) is 7.55. The fourth-order valence-corrected chi connectivity index (χ4v) is 3.26. The van der Waals surface area contributed by atoms with Gasteiger partial charge in [0.2, 0.25) is 0 Å². The standard InChI is InChI=1S/C15H18F2O4S/c1-3-9-5-4-6-13(14(9)18)21-15-11(16)7-10(8-12(15)17)22(2,19)20/h7-9,13H,3-6H2,1-2H3. The Morgan fingerprint density at radius 2 is 1.82 bits per heavy atom. The molecule has 0 amide bonds. The van der Waals surface area contributed by atoms with Gasteiger partial charge in [-0.15, -0.1) is 0 Å². The van der Waals surface area contributed by atoms with Crippen LogP contribution < -0.4 is 4.74 Å². The van der Waals surface area contributed by atoms with Crippen LogP contribution in [-0.2, 0) is 14.6 Å². The molecule has 0 spiro atoms. The van der Waals surface area contributed by atoms with Crippen molar-refractivity contribution in [1.82, 2.24) is 0 Å². The van der Waals surface area contributed by atoms with Gasteiger partial charge < -0.3 is 4.74 Å². The molecule has 0 aromatic heterocycles. The van der Waals surface area contributed by atoms with Crippen LogP contribution in [0.15, 0.2) is 17.0 Å². The molecular weight excluding hydrogens is 314 g/mol. The molecule has 0 N–H and O–H groups in total. The highest BCUT2D eigenvalue weighted by atomic mass is 32.2. The normalized spacial score (nSPS) is 22.6. The molecule has 22 heavy (non-hydrogen) atoms. The van der Waals surface area contributed by atoms with Gasteiger partial charge in [-0.05, 0) is 37.8 Å². The fraction of sp³-hybridized carbons (Fsp3) is 0.533. The number of hydrogen-bond donors (Lipinski definition) is 0. The predicted molar refractivity (Wildman–Crippen MR) is 76.5 cm³/mol. The van der Waals surface area contributed by atoms with Crippen molar-refractivity contribution in [3.8, 4) is 5.75 Å². The topological polar surface area (TPSA) is 60.4 Å². The van der Waals surface area contributed by atoms with Crippen LogP contribution in [0.3, 0.4) is 0 Å². The number of Topliss-reactive ketones (excluding diaryl/α,β-unsaturated/α-hetero) is 1. The van der Waals surface area contributed by atoms with Crippen molar-refractivity contribution >= 4 is 15.6 Å². The lowest BCUT2D eigenvalue weighted by Crippen LogP contribution is -2.37. The molecular formula is C15H18F2O4S. The smallest absolute Gasteiger partial charge is 0.191 e. The lowest BCUT2D eigenvalue weighted by atomic mass is 9.84. The van der Waals surface area contributed by atoms with Gasteiger partial charge in [0.25, 0.3) is 0 Å². The summed E-state index contributed by atoms with van der Waals surface area (Å²) in [5.74, 6) is -3.24. The van der Waals surface area contributed by atoms with E-state index in [0.29, 0.717) is 25.0 Å². The van der Waals surface area contributed by atoms with Crippen molar-refractivity contribution in [2.75, 3.05) is 6.26 Å². The lowest BCUT2D eigenvalue weighted by molar-refractivity contribution is -0.132. The zero-order valence-corrected chi connectivity index (χ0v) is 13.3. The van der Waals surface area contributed by atoms with E-state index in [9.17, 15) is 22.0 Å². The molecule has 2 atom stereocenters. The molecule has 1 saturated carbocycles. The van der Waals surface area contributed by atoms with E-state index in [1.807, 2.05) is 6.92 Å². The minimum atomic E-state index is -3.72. The van der Waals surface area contributed by atoms with Crippen molar-refractivity contribution in [3.05, 3.63) is 23.8 Å². The van der Waals surface area contributed by atoms with Crippen molar-refractivity contribution in [1.29, 1.82) is 0 Å². The molecule has 4 nitrogen and oxygen atoms in total. The number of carbonyl (C=O) groups is 1. The monoisotopic (exact) mass is 332 g/mol. The highest BCUT2D eigenvalue weighted by molar-refractivity contribution is 7.90. The van der Waals surface area contributed by atoms with Crippen molar-refractivity contribution in [2.45, 2.75) is 43.6 Å². The number of hydrogen-bond acceptors (Lipinski definition) is 4. The number of benzene rings is 1. The molecule has 2 rings (SSSR count). The van der Waals surface area contributed by atoms with Crippen LogP contribution in [0.5, 0.6) is 5.75 Å². The first-order chi connectivity index (χ1) is 10.2.